The van der Waals surface area contributed by atoms with Crippen LogP contribution >= 0.6 is 0 Å². The normalized spacial score (nSPS) is 18.9. The molecule has 38 heavy (non-hydrogen) atoms. The number of anilines is 2. The van der Waals surface area contributed by atoms with Crippen LogP contribution in [0.2, 0.25) is 0 Å². The number of pyridine rings is 1. The van der Waals surface area contributed by atoms with Gasteiger partial charge in [-0.05, 0) is 62.8 Å². The fraction of sp³-hybridized carbons (Fsp3) is 0.517. The van der Waals surface area contributed by atoms with Gasteiger partial charge < -0.3 is 20.3 Å². The predicted octanol–water partition coefficient (Wildman–Crippen LogP) is 3.74. The van der Waals surface area contributed by atoms with Crippen LogP contribution in [0, 0.1) is 0 Å². The van der Waals surface area contributed by atoms with Gasteiger partial charge in [-0.25, -0.2) is 4.98 Å². The van der Waals surface area contributed by atoms with Gasteiger partial charge in [0.25, 0.3) is 5.91 Å². The summed E-state index contributed by atoms with van der Waals surface area (Å²) in [7, 11) is 1.56. The van der Waals surface area contributed by atoms with E-state index < -0.39 is 0 Å². The van der Waals surface area contributed by atoms with Crippen molar-refractivity contribution in [2.75, 3.05) is 30.0 Å². The van der Waals surface area contributed by atoms with E-state index in [1.807, 2.05) is 24.0 Å². The smallest absolute Gasteiger partial charge is 0.251 e. The lowest BCUT2D eigenvalue weighted by Crippen LogP contribution is -2.55. The van der Waals surface area contributed by atoms with Crippen LogP contribution in [0.3, 0.4) is 0 Å². The van der Waals surface area contributed by atoms with Gasteiger partial charge >= 0.3 is 0 Å². The SMILES string of the molecule is COc1ccc(C(C)NC(=O)c2ccc3c(c2)N(C(=O)CNC2CCCCC2)CC(=O)N3C2CCC2)cn1. The Kier molecular flexibility index (Phi) is 7.93. The molecule has 5 rings (SSSR count). The summed E-state index contributed by atoms with van der Waals surface area (Å²) in [6.07, 6.45) is 10.4. The van der Waals surface area contributed by atoms with Gasteiger partial charge in [0, 0.05) is 29.9 Å². The van der Waals surface area contributed by atoms with Crippen LogP contribution in [0.4, 0.5) is 11.4 Å². The van der Waals surface area contributed by atoms with Gasteiger partial charge in [-0.1, -0.05) is 25.3 Å². The Morgan fingerprint density at radius 3 is 2.50 bits per heavy atom. The average molecular weight is 520 g/mol. The van der Waals surface area contributed by atoms with E-state index in [1.54, 1.807) is 36.4 Å². The van der Waals surface area contributed by atoms with Crippen LogP contribution in [0.15, 0.2) is 36.5 Å². The molecule has 9 nitrogen and oxygen atoms in total. The number of ether oxygens (including phenoxy) is 1. The van der Waals surface area contributed by atoms with Crippen LogP contribution in [-0.4, -0.2) is 55.0 Å². The second-order valence-corrected chi connectivity index (χ2v) is 10.6. The fourth-order valence-electron chi connectivity index (χ4n) is 5.55. The fourth-order valence-corrected chi connectivity index (χ4v) is 5.55. The number of rotatable bonds is 8. The van der Waals surface area contributed by atoms with Crippen LogP contribution in [-0.2, 0) is 9.59 Å². The molecule has 2 aromatic rings. The van der Waals surface area contributed by atoms with Gasteiger partial charge in [0.15, 0.2) is 0 Å². The third-order valence-electron chi connectivity index (χ3n) is 8.05. The van der Waals surface area contributed by atoms with E-state index in [0.717, 1.165) is 37.7 Å². The topological polar surface area (TPSA) is 104 Å². The highest BCUT2D eigenvalue weighted by molar-refractivity contribution is 6.13. The maximum Gasteiger partial charge on any atom is 0.251 e. The summed E-state index contributed by atoms with van der Waals surface area (Å²) in [5.74, 6) is 0.0471. The molecule has 1 aromatic carbocycles. The first kappa shape index (κ1) is 26.2. The van der Waals surface area contributed by atoms with E-state index in [4.69, 9.17) is 4.74 Å². The largest absolute Gasteiger partial charge is 0.481 e. The van der Waals surface area contributed by atoms with Crippen molar-refractivity contribution in [3.05, 3.63) is 47.7 Å². The molecule has 202 valence electrons. The number of nitrogens with one attached hydrogen (secondary N) is 2. The van der Waals surface area contributed by atoms with Crippen LogP contribution in [0.5, 0.6) is 5.88 Å². The molecule has 9 heteroatoms. The lowest BCUT2D eigenvalue weighted by atomic mass is 9.90. The predicted molar refractivity (Wildman–Crippen MR) is 145 cm³/mol. The van der Waals surface area contributed by atoms with Crippen molar-refractivity contribution in [1.82, 2.24) is 15.6 Å². The van der Waals surface area contributed by atoms with E-state index in [-0.39, 0.29) is 42.9 Å². The molecule has 2 N–H and O–H groups in total. The van der Waals surface area contributed by atoms with Gasteiger partial charge in [0.05, 0.1) is 31.1 Å². The Hall–Kier alpha value is -3.46. The first-order valence-electron chi connectivity index (χ1n) is 13.7. The second kappa shape index (κ2) is 11.5. The maximum atomic E-state index is 13.4. The molecule has 1 unspecified atom stereocenters. The number of benzene rings is 1. The molecule has 2 saturated carbocycles. The van der Waals surface area contributed by atoms with E-state index in [2.05, 4.69) is 15.6 Å². The van der Waals surface area contributed by atoms with Gasteiger partial charge in [-0.15, -0.1) is 0 Å². The molecule has 3 amide bonds. The van der Waals surface area contributed by atoms with Crippen molar-refractivity contribution in [2.45, 2.75) is 76.4 Å². The highest BCUT2D eigenvalue weighted by atomic mass is 16.5. The van der Waals surface area contributed by atoms with E-state index in [9.17, 15) is 14.4 Å². The van der Waals surface area contributed by atoms with Crippen molar-refractivity contribution < 1.29 is 19.1 Å². The third-order valence-corrected chi connectivity index (χ3v) is 8.05. The Bertz CT molecular complexity index is 1170. The van der Waals surface area contributed by atoms with Crippen LogP contribution in [0.25, 0.3) is 0 Å². The van der Waals surface area contributed by atoms with Crippen molar-refractivity contribution in [3.8, 4) is 5.88 Å². The number of nitrogens with zero attached hydrogens (tertiary/aromatic N) is 3. The molecule has 1 atom stereocenters. The second-order valence-electron chi connectivity index (χ2n) is 10.6. The van der Waals surface area contributed by atoms with Gasteiger partial charge in [0.2, 0.25) is 17.7 Å². The lowest BCUT2D eigenvalue weighted by molar-refractivity contribution is -0.123. The van der Waals surface area contributed by atoms with Crippen molar-refractivity contribution >= 4 is 29.1 Å². The van der Waals surface area contributed by atoms with Crippen molar-refractivity contribution in [2.24, 2.45) is 0 Å². The molecule has 0 bridgehead atoms. The van der Waals surface area contributed by atoms with Gasteiger partial charge in [0.1, 0.15) is 6.54 Å². The number of amides is 3. The molecule has 1 aliphatic heterocycles. The van der Waals surface area contributed by atoms with E-state index in [0.29, 0.717) is 28.9 Å². The molecule has 0 spiro atoms. The van der Waals surface area contributed by atoms with E-state index >= 15 is 0 Å². The highest BCUT2D eigenvalue weighted by Crippen LogP contribution is 2.40. The number of carbonyl (C=O) groups is 3. The molecule has 3 aliphatic rings. The Morgan fingerprint density at radius 1 is 1.05 bits per heavy atom. The van der Waals surface area contributed by atoms with Gasteiger partial charge in [-0.2, -0.15) is 0 Å². The first-order chi connectivity index (χ1) is 18.4. The first-order valence-corrected chi connectivity index (χ1v) is 13.7. The molecule has 0 radical (unpaired) electrons. The monoisotopic (exact) mass is 519 g/mol. The summed E-state index contributed by atoms with van der Waals surface area (Å²) in [5, 5.41) is 6.42. The molecular formula is C29H37N5O4. The molecule has 2 fully saturated rings. The Labute approximate surface area is 223 Å². The minimum absolute atomic E-state index is 0.00628. The lowest BCUT2D eigenvalue weighted by Gasteiger charge is -2.43. The molecule has 2 aliphatic carbocycles. The Balaban J connectivity index is 1.36. The zero-order valence-electron chi connectivity index (χ0n) is 22.2. The van der Waals surface area contributed by atoms with Crippen LogP contribution in [0.1, 0.15) is 80.3 Å². The zero-order valence-corrected chi connectivity index (χ0v) is 22.2. The number of fused-ring (bicyclic) bond motifs is 1. The summed E-state index contributed by atoms with van der Waals surface area (Å²) in [5.41, 5.74) is 2.63. The molecule has 2 heterocycles. The minimum atomic E-state index is -0.276. The number of carbonyl (C=O) groups excluding carboxylic acids is 3. The summed E-state index contributed by atoms with van der Waals surface area (Å²) in [6, 6.07) is 9.14. The summed E-state index contributed by atoms with van der Waals surface area (Å²) >= 11 is 0. The molecule has 1 aromatic heterocycles. The molecule has 0 saturated heterocycles. The summed E-state index contributed by atoms with van der Waals surface area (Å²) < 4.78 is 5.12. The average Bonchev–Trinajstić information content (AvgIpc) is 2.92. The van der Waals surface area contributed by atoms with Crippen molar-refractivity contribution in [1.29, 1.82) is 0 Å². The number of aromatic nitrogens is 1. The minimum Gasteiger partial charge on any atom is -0.481 e. The quantitative estimate of drug-likeness (QED) is 0.551. The van der Waals surface area contributed by atoms with Gasteiger partial charge in [-0.3, -0.25) is 19.3 Å². The highest BCUT2D eigenvalue weighted by Gasteiger charge is 2.38. The summed E-state index contributed by atoms with van der Waals surface area (Å²) in [4.78, 5) is 47.4. The third kappa shape index (κ3) is 5.53. The van der Waals surface area contributed by atoms with Crippen molar-refractivity contribution in [3.63, 3.8) is 0 Å². The number of hydrogen-bond acceptors (Lipinski definition) is 6. The number of methoxy groups -OCH3 is 1. The van der Waals surface area contributed by atoms with Crippen LogP contribution < -0.4 is 25.2 Å². The Morgan fingerprint density at radius 2 is 1.84 bits per heavy atom. The maximum absolute atomic E-state index is 13.4. The number of hydrogen-bond donors (Lipinski definition) is 2. The molecular weight excluding hydrogens is 482 g/mol. The van der Waals surface area contributed by atoms with E-state index in [1.165, 1.54) is 19.3 Å². The zero-order chi connectivity index (χ0) is 26.6. The standard InChI is InChI=1S/C29H37N5O4/c1-19(21-12-14-26(38-2)31-16-21)32-29(37)20-11-13-24-25(15-20)33(18-28(36)34(24)23-9-6-10-23)27(35)17-30-22-7-4-3-5-8-22/h11-16,19,22-23,30H,3-10,17-18H2,1-2H3,(H,32,37). The summed E-state index contributed by atoms with van der Waals surface area (Å²) in [6.45, 7) is 2.07.